The fourth-order valence-electron chi connectivity index (χ4n) is 2.71. The fraction of sp³-hybridized carbons (Fsp3) is 0.316. The van der Waals surface area contributed by atoms with Gasteiger partial charge in [0.2, 0.25) is 0 Å². The third kappa shape index (κ3) is 5.52. The molecule has 1 unspecified atom stereocenters. The zero-order valence-corrected chi connectivity index (χ0v) is 16.4. The zero-order valence-electron chi connectivity index (χ0n) is 14.1. The molecule has 0 bridgehead atoms. The summed E-state index contributed by atoms with van der Waals surface area (Å²) in [4.78, 5) is 4.65. The highest BCUT2D eigenvalue weighted by molar-refractivity contribution is 14.0. The normalized spacial score (nSPS) is 16.2. The topological polar surface area (TPSA) is 58.8 Å². The highest BCUT2D eigenvalue weighted by Gasteiger charge is 2.21. The number of nitrogens with one attached hydrogen (secondary N) is 2. The van der Waals surface area contributed by atoms with Gasteiger partial charge < -0.3 is 19.8 Å². The number of ether oxygens (including phenoxy) is 1. The van der Waals surface area contributed by atoms with E-state index in [-0.39, 0.29) is 30.0 Å². The Morgan fingerprint density at radius 2 is 2.16 bits per heavy atom. The molecule has 134 valence electrons. The predicted octanol–water partition coefficient (Wildman–Crippen LogP) is 3.69. The van der Waals surface area contributed by atoms with E-state index in [2.05, 4.69) is 28.3 Å². The van der Waals surface area contributed by atoms with Crippen LogP contribution in [0.5, 0.6) is 5.75 Å². The van der Waals surface area contributed by atoms with Gasteiger partial charge in [-0.25, -0.2) is 0 Å². The Morgan fingerprint density at radius 1 is 1.28 bits per heavy atom. The highest BCUT2D eigenvalue weighted by atomic mass is 127. The average Bonchev–Trinajstić information content (AvgIpc) is 3.13. The van der Waals surface area contributed by atoms with E-state index >= 15 is 0 Å². The first-order valence-corrected chi connectivity index (χ1v) is 8.26. The molecule has 1 atom stereocenters. The van der Waals surface area contributed by atoms with Crippen molar-refractivity contribution in [3.05, 3.63) is 66.6 Å². The van der Waals surface area contributed by atoms with Crippen LogP contribution in [0.1, 0.15) is 23.8 Å². The van der Waals surface area contributed by atoms with Crippen LogP contribution in [0.4, 0.5) is 0 Å². The minimum atomic E-state index is 0. The lowest BCUT2D eigenvalue weighted by molar-refractivity contribution is 0.261. The van der Waals surface area contributed by atoms with E-state index < -0.39 is 0 Å². The Kier molecular flexibility index (Phi) is 7.84. The Bertz CT molecular complexity index is 686. The van der Waals surface area contributed by atoms with E-state index in [1.54, 1.807) is 6.26 Å². The lowest BCUT2D eigenvalue weighted by Gasteiger charge is -2.28. The van der Waals surface area contributed by atoms with E-state index in [1.807, 2.05) is 36.4 Å². The second kappa shape index (κ2) is 10.1. The number of hydrogen-bond acceptors (Lipinski definition) is 3. The smallest absolute Gasteiger partial charge is 0.192 e. The van der Waals surface area contributed by atoms with Gasteiger partial charge in [-0.15, -0.1) is 30.6 Å². The predicted molar refractivity (Wildman–Crippen MR) is 111 cm³/mol. The second-order valence-electron chi connectivity index (χ2n) is 5.60. The van der Waals surface area contributed by atoms with Crippen LogP contribution in [0.2, 0.25) is 0 Å². The van der Waals surface area contributed by atoms with E-state index in [0.29, 0.717) is 19.7 Å². The van der Waals surface area contributed by atoms with Gasteiger partial charge in [0.05, 0.1) is 18.9 Å². The second-order valence-corrected chi connectivity index (χ2v) is 5.60. The number of halogens is 1. The molecule has 0 spiro atoms. The summed E-state index contributed by atoms with van der Waals surface area (Å²) in [5.41, 5.74) is 1.17. The lowest BCUT2D eigenvalue weighted by Crippen LogP contribution is -2.41. The van der Waals surface area contributed by atoms with Crippen LogP contribution >= 0.6 is 24.0 Å². The summed E-state index contributed by atoms with van der Waals surface area (Å²) in [5, 5.41) is 6.78. The standard InChI is InChI=1S/C19H23N3O2.HI/c1-2-11-20-19(21-12-9-15-6-5-13-23-15)22-17-10-14-24-18-8-4-3-7-16(17)18;/h2-8,13,17H,1,9-12,14H2,(H2,20,21,22);1H. The molecule has 25 heavy (non-hydrogen) atoms. The summed E-state index contributed by atoms with van der Waals surface area (Å²) in [5.74, 6) is 2.67. The molecule has 0 fully saturated rings. The quantitative estimate of drug-likeness (QED) is 0.303. The van der Waals surface area contributed by atoms with Crippen molar-refractivity contribution in [1.82, 2.24) is 10.6 Å². The van der Waals surface area contributed by atoms with Gasteiger partial charge in [0.15, 0.2) is 5.96 Å². The van der Waals surface area contributed by atoms with E-state index in [0.717, 1.165) is 30.3 Å². The Morgan fingerprint density at radius 3 is 2.96 bits per heavy atom. The maximum Gasteiger partial charge on any atom is 0.192 e. The third-order valence-corrected chi connectivity index (χ3v) is 3.89. The Balaban J connectivity index is 0.00000225. The minimum Gasteiger partial charge on any atom is -0.493 e. The van der Waals surface area contributed by atoms with Crippen molar-refractivity contribution < 1.29 is 9.15 Å². The molecule has 3 rings (SSSR count). The first-order valence-electron chi connectivity index (χ1n) is 8.26. The molecule has 6 heteroatoms. The highest BCUT2D eigenvalue weighted by Crippen LogP contribution is 2.31. The molecule has 0 saturated heterocycles. The van der Waals surface area contributed by atoms with Gasteiger partial charge in [0, 0.05) is 31.5 Å². The molecule has 1 aromatic heterocycles. The van der Waals surface area contributed by atoms with Gasteiger partial charge in [-0.2, -0.15) is 0 Å². The molecule has 5 nitrogen and oxygen atoms in total. The van der Waals surface area contributed by atoms with Crippen LogP contribution in [-0.4, -0.2) is 25.7 Å². The van der Waals surface area contributed by atoms with Crippen molar-refractivity contribution in [2.45, 2.75) is 18.9 Å². The Hall–Kier alpha value is -1.96. The third-order valence-electron chi connectivity index (χ3n) is 3.89. The van der Waals surface area contributed by atoms with Gasteiger partial charge in [-0.05, 0) is 18.2 Å². The van der Waals surface area contributed by atoms with Crippen LogP contribution < -0.4 is 15.4 Å². The molecule has 2 N–H and O–H groups in total. The first-order chi connectivity index (χ1) is 11.9. The average molecular weight is 453 g/mol. The van der Waals surface area contributed by atoms with Gasteiger partial charge >= 0.3 is 0 Å². The molecule has 0 amide bonds. The minimum absolute atomic E-state index is 0. The number of aliphatic imine (C=N–C) groups is 1. The molecular weight excluding hydrogens is 429 g/mol. The summed E-state index contributed by atoms with van der Waals surface area (Å²) >= 11 is 0. The number of guanidine groups is 1. The first kappa shape index (κ1) is 19.4. The summed E-state index contributed by atoms with van der Waals surface area (Å²) < 4.78 is 11.1. The number of rotatable bonds is 6. The van der Waals surface area contributed by atoms with E-state index in [4.69, 9.17) is 9.15 Å². The number of fused-ring (bicyclic) bond motifs is 1. The molecule has 2 aromatic rings. The maximum atomic E-state index is 5.72. The van der Waals surface area contributed by atoms with Crippen molar-refractivity contribution in [3.63, 3.8) is 0 Å². The van der Waals surface area contributed by atoms with Crippen molar-refractivity contribution >= 4 is 29.9 Å². The number of nitrogens with zero attached hydrogens (tertiary/aromatic N) is 1. The number of hydrogen-bond donors (Lipinski definition) is 2. The van der Waals surface area contributed by atoms with Crippen LogP contribution in [0, 0.1) is 0 Å². The van der Waals surface area contributed by atoms with Crippen LogP contribution in [0.3, 0.4) is 0 Å². The zero-order chi connectivity index (χ0) is 16.6. The van der Waals surface area contributed by atoms with Gasteiger partial charge in [-0.1, -0.05) is 24.3 Å². The fourth-order valence-corrected chi connectivity index (χ4v) is 2.71. The summed E-state index contributed by atoms with van der Waals surface area (Å²) in [6, 6.07) is 12.2. The number of furan rings is 1. The lowest BCUT2D eigenvalue weighted by atomic mass is 10.0. The van der Waals surface area contributed by atoms with Gasteiger partial charge in [-0.3, -0.25) is 4.99 Å². The molecule has 0 radical (unpaired) electrons. The van der Waals surface area contributed by atoms with E-state index in [9.17, 15) is 0 Å². The van der Waals surface area contributed by atoms with Crippen LogP contribution in [0.15, 0.2) is 64.7 Å². The Labute approximate surface area is 165 Å². The molecule has 0 saturated carbocycles. The number of para-hydroxylation sites is 1. The van der Waals surface area contributed by atoms with E-state index in [1.165, 1.54) is 5.56 Å². The van der Waals surface area contributed by atoms with Gasteiger partial charge in [0.25, 0.3) is 0 Å². The van der Waals surface area contributed by atoms with Crippen molar-refractivity contribution in [2.75, 3.05) is 19.7 Å². The summed E-state index contributed by atoms with van der Waals surface area (Å²) in [6.45, 7) is 5.78. The van der Waals surface area contributed by atoms with Crippen molar-refractivity contribution in [1.29, 1.82) is 0 Å². The molecule has 1 aliphatic rings. The molecule has 0 aliphatic carbocycles. The largest absolute Gasteiger partial charge is 0.493 e. The monoisotopic (exact) mass is 453 g/mol. The van der Waals surface area contributed by atoms with Crippen LogP contribution in [0.25, 0.3) is 0 Å². The number of benzene rings is 1. The maximum absolute atomic E-state index is 5.72. The van der Waals surface area contributed by atoms with Crippen LogP contribution in [-0.2, 0) is 6.42 Å². The summed E-state index contributed by atoms with van der Waals surface area (Å²) in [7, 11) is 0. The molecule has 1 aromatic carbocycles. The molecule has 2 heterocycles. The van der Waals surface area contributed by atoms with Gasteiger partial charge in [0.1, 0.15) is 11.5 Å². The van der Waals surface area contributed by atoms with Crippen molar-refractivity contribution in [3.8, 4) is 5.75 Å². The molecular formula is C19H24IN3O2. The van der Waals surface area contributed by atoms with Crippen molar-refractivity contribution in [2.24, 2.45) is 4.99 Å². The SMILES string of the molecule is C=CCNC(=NCCc1ccco1)NC1CCOc2ccccc21.I. The summed E-state index contributed by atoms with van der Waals surface area (Å²) in [6.07, 6.45) is 5.19. The molecule has 1 aliphatic heterocycles.